The average molecular weight is 314 g/mol. The van der Waals surface area contributed by atoms with Crippen LogP contribution in [0.1, 0.15) is 48.9 Å². The Morgan fingerprint density at radius 2 is 2.09 bits per heavy atom. The molecule has 1 aromatic carbocycles. The van der Waals surface area contributed by atoms with Crippen LogP contribution < -0.4 is 5.32 Å². The van der Waals surface area contributed by atoms with Gasteiger partial charge in [-0.3, -0.25) is 4.79 Å². The summed E-state index contributed by atoms with van der Waals surface area (Å²) < 4.78 is 0. The number of nitrogens with one attached hydrogen (secondary N) is 2. The molecule has 1 unspecified atom stereocenters. The Bertz CT molecular complexity index is 644. The predicted octanol–water partition coefficient (Wildman–Crippen LogP) is 3.48. The minimum Gasteiger partial charge on any atom is -0.396 e. The number of fused-ring (bicyclic) bond motifs is 1. The van der Waals surface area contributed by atoms with Crippen molar-refractivity contribution in [3.63, 3.8) is 0 Å². The molecule has 1 amide bonds. The normalized spacial score (nSPS) is 17.3. The molecule has 0 bridgehead atoms. The van der Waals surface area contributed by atoms with E-state index >= 15 is 0 Å². The smallest absolute Gasteiger partial charge is 0.251 e. The van der Waals surface area contributed by atoms with Gasteiger partial charge in [0.05, 0.1) is 0 Å². The minimum atomic E-state index is -0.0600. The molecule has 1 heterocycles. The molecular formula is C19H26N2O2. The average Bonchev–Trinajstić information content (AvgIpc) is 3.06. The molecule has 1 aromatic heterocycles. The van der Waals surface area contributed by atoms with Crippen LogP contribution in [0.4, 0.5) is 0 Å². The number of carbonyl (C=O) groups is 1. The Balaban J connectivity index is 1.53. The highest BCUT2D eigenvalue weighted by Gasteiger charge is 2.19. The van der Waals surface area contributed by atoms with Crippen LogP contribution in [0.5, 0.6) is 0 Å². The zero-order valence-electron chi connectivity index (χ0n) is 13.6. The van der Waals surface area contributed by atoms with E-state index in [0.29, 0.717) is 18.0 Å². The molecule has 2 aromatic rings. The molecule has 4 heteroatoms. The number of amides is 1. The lowest BCUT2D eigenvalue weighted by Crippen LogP contribution is -2.32. The number of aromatic amines is 1. The molecule has 4 nitrogen and oxygen atoms in total. The van der Waals surface area contributed by atoms with E-state index in [1.807, 2.05) is 30.5 Å². The lowest BCUT2D eigenvalue weighted by molar-refractivity contribution is 0.0933. The van der Waals surface area contributed by atoms with Gasteiger partial charge < -0.3 is 15.4 Å². The summed E-state index contributed by atoms with van der Waals surface area (Å²) >= 11 is 0. The lowest BCUT2D eigenvalue weighted by Gasteiger charge is -2.25. The molecule has 3 rings (SSSR count). The van der Waals surface area contributed by atoms with Crippen molar-refractivity contribution in [2.24, 2.45) is 11.8 Å². The Kier molecular flexibility index (Phi) is 5.34. The minimum absolute atomic E-state index is 0.0600. The number of hydrogen-bond donors (Lipinski definition) is 3. The van der Waals surface area contributed by atoms with E-state index < -0.39 is 0 Å². The molecule has 1 fully saturated rings. The van der Waals surface area contributed by atoms with Crippen molar-refractivity contribution in [1.82, 2.24) is 10.3 Å². The number of rotatable bonds is 6. The Labute approximate surface area is 137 Å². The number of carbonyl (C=O) groups excluding carboxylic acids is 1. The number of aromatic nitrogens is 1. The first kappa shape index (κ1) is 16.1. The van der Waals surface area contributed by atoms with Gasteiger partial charge in [0.2, 0.25) is 0 Å². The first-order valence-electron chi connectivity index (χ1n) is 8.72. The second-order valence-corrected chi connectivity index (χ2v) is 6.78. The maximum atomic E-state index is 12.3. The molecule has 0 aliphatic heterocycles. The maximum absolute atomic E-state index is 12.3. The molecule has 124 valence electrons. The van der Waals surface area contributed by atoms with Gasteiger partial charge in [-0.05, 0) is 42.5 Å². The fraction of sp³-hybridized carbons (Fsp3) is 0.526. The van der Waals surface area contributed by atoms with Crippen LogP contribution in [-0.2, 0) is 0 Å². The summed E-state index contributed by atoms with van der Waals surface area (Å²) in [4.78, 5) is 15.4. The van der Waals surface area contributed by atoms with Crippen LogP contribution in [0.25, 0.3) is 10.9 Å². The molecule has 1 atom stereocenters. The summed E-state index contributed by atoms with van der Waals surface area (Å²) in [5, 5.41) is 13.6. The van der Waals surface area contributed by atoms with Gasteiger partial charge in [-0.15, -0.1) is 0 Å². The van der Waals surface area contributed by atoms with Gasteiger partial charge in [0.15, 0.2) is 0 Å². The highest BCUT2D eigenvalue weighted by molar-refractivity contribution is 5.98. The van der Waals surface area contributed by atoms with Crippen molar-refractivity contribution in [3.8, 4) is 0 Å². The van der Waals surface area contributed by atoms with Crippen molar-refractivity contribution in [2.75, 3.05) is 13.2 Å². The first-order valence-corrected chi connectivity index (χ1v) is 8.72. The van der Waals surface area contributed by atoms with E-state index in [4.69, 9.17) is 0 Å². The standard InChI is InChI=1S/C19H26N2O2/c22-13-15(10-14-4-2-1-3-5-14)12-21-19(23)17-6-7-18-16(11-17)8-9-20-18/h6-9,11,14-15,20,22H,1-5,10,12-13H2,(H,21,23). The van der Waals surface area contributed by atoms with E-state index in [2.05, 4.69) is 10.3 Å². The summed E-state index contributed by atoms with van der Waals surface area (Å²) in [6.07, 6.45) is 9.41. The SMILES string of the molecule is O=C(NCC(CO)CC1CCCCC1)c1ccc2[nH]ccc2c1. The maximum Gasteiger partial charge on any atom is 0.251 e. The van der Waals surface area contributed by atoms with Gasteiger partial charge in [-0.2, -0.15) is 0 Å². The van der Waals surface area contributed by atoms with E-state index in [1.54, 1.807) is 0 Å². The van der Waals surface area contributed by atoms with Crippen molar-refractivity contribution < 1.29 is 9.90 Å². The van der Waals surface area contributed by atoms with Gasteiger partial charge >= 0.3 is 0 Å². The molecule has 23 heavy (non-hydrogen) atoms. The number of H-pyrrole nitrogens is 1. The number of aliphatic hydroxyl groups is 1. The van der Waals surface area contributed by atoms with E-state index in [1.165, 1.54) is 32.1 Å². The fourth-order valence-corrected chi connectivity index (χ4v) is 3.65. The van der Waals surface area contributed by atoms with Crippen molar-refractivity contribution in [1.29, 1.82) is 0 Å². The highest BCUT2D eigenvalue weighted by Crippen LogP contribution is 2.28. The van der Waals surface area contributed by atoms with E-state index in [-0.39, 0.29) is 18.4 Å². The topological polar surface area (TPSA) is 65.1 Å². The number of aliphatic hydroxyl groups excluding tert-OH is 1. The van der Waals surface area contributed by atoms with Crippen LogP contribution in [0, 0.1) is 11.8 Å². The summed E-state index contributed by atoms with van der Waals surface area (Å²) in [7, 11) is 0. The summed E-state index contributed by atoms with van der Waals surface area (Å²) in [6.45, 7) is 0.699. The first-order chi connectivity index (χ1) is 11.3. The van der Waals surface area contributed by atoms with Gasteiger partial charge in [0, 0.05) is 35.8 Å². The largest absolute Gasteiger partial charge is 0.396 e. The molecule has 0 radical (unpaired) electrons. The Hall–Kier alpha value is -1.81. The summed E-state index contributed by atoms with van der Waals surface area (Å²) in [5.74, 6) is 0.822. The summed E-state index contributed by atoms with van der Waals surface area (Å²) in [6, 6.07) is 7.63. The molecule has 0 saturated heterocycles. The Morgan fingerprint density at radius 3 is 2.87 bits per heavy atom. The second kappa shape index (κ2) is 7.64. The van der Waals surface area contributed by atoms with Crippen LogP contribution in [-0.4, -0.2) is 29.1 Å². The monoisotopic (exact) mass is 314 g/mol. The number of benzene rings is 1. The van der Waals surface area contributed by atoms with Crippen molar-refractivity contribution >= 4 is 16.8 Å². The van der Waals surface area contributed by atoms with Gasteiger partial charge in [-0.1, -0.05) is 32.1 Å². The molecule has 1 saturated carbocycles. The zero-order valence-corrected chi connectivity index (χ0v) is 13.6. The Morgan fingerprint density at radius 1 is 1.26 bits per heavy atom. The lowest BCUT2D eigenvalue weighted by atomic mass is 9.83. The molecule has 3 N–H and O–H groups in total. The highest BCUT2D eigenvalue weighted by atomic mass is 16.3. The molecular weight excluding hydrogens is 288 g/mol. The van der Waals surface area contributed by atoms with E-state index in [9.17, 15) is 9.90 Å². The third-order valence-corrected chi connectivity index (χ3v) is 5.02. The third kappa shape index (κ3) is 4.14. The van der Waals surface area contributed by atoms with Crippen LogP contribution in [0.15, 0.2) is 30.5 Å². The van der Waals surface area contributed by atoms with Crippen LogP contribution in [0.3, 0.4) is 0 Å². The van der Waals surface area contributed by atoms with Crippen LogP contribution >= 0.6 is 0 Å². The molecule has 0 spiro atoms. The van der Waals surface area contributed by atoms with E-state index in [0.717, 1.165) is 17.3 Å². The predicted molar refractivity (Wildman–Crippen MR) is 92.4 cm³/mol. The second-order valence-electron chi connectivity index (χ2n) is 6.78. The van der Waals surface area contributed by atoms with Gasteiger partial charge in [0.25, 0.3) is 5.91 Å². The van der Waals surface area contributed by atoms with Crippen LogP contribution in [0.2, 0.25) is 0 Å². The quantitative estimate of drug-likeness (QED) is 0.764. The molecule has 1 aliphatic carbocycles. The van der Waals surface area contributed by atoms with Gasteiger partial charge in [-0.25, -0.2) is 0 Å². The van der Waals surface area contributed by atoms with Crippen molar-refractivity contribution in [2.45, 2.75) is 38.5 Å². The van der Waals surface area contributed by atoms with Gasteiger partial charge in [0.1, 0.15) is 0 Å². The third-order valence-electron chi connectivity index (χ3n) is 5.02. The zero-order chi connectivity index (χ0) is 16.1. The molecule has 1 aliphatic rings. The number of hydrogen-bond acceptors (Lipinski definition) is 2. The fourth-order valence-electron chi connectivity index (χ4n) is 3.65. The summed E-state index contributed by atoms with van der Waals surface area (Å²) in [5.41, 5.74) is 1.71. The van der Waals surface area contributed by atoms with Crippen molar-refractivity contribution in [3.05, 3.63) is 36.0 Å².